The predicted molar refractivity (Wildman–Crippen MR) is 75.5 cm³/mol. The minimum Gasteiger partial charge on any atom is -0.505 e. The normalized spacial score (nSPS) is 22.0. The number of nitrogens with zero attached hydrogens (tertiary/aromatic N) is 1. The second-order valence-corrected chi connectivity index (χ2v) is 7.53. The van der Waals surface area contributed by atoms with Gasteiger partial charge in [0.1, 0.15) is 29.3 Å². The van der Waals surface area contributed by atoms with E-state index in [1.165, 1.54) is 6.07 Å². The van der Waals surface area contributed by atoms with Gasteiger partial charge >= 0.3 is 10.2 Å². The first-order valence-electron chi connectivity index (χ1n) is 6.67. The van der Waals surface area contributed by atoms with E-state index in [0.29, 0.717) is 17.1 Å². The fourth-order valence-electron chi connectivity index (χ4n) is 2.63. The molecule has 0 bridgehead atoms. The van der Waals surface area contributed by atoms with Gasteiger partial charge < -0.3 is 9.84 Å². The van der Waals surface area contributed by atoms with Gasteiger partial charge in [-0.05, 0) is 26.7 Å². The maximum atomic E-state index is 14.7. The number of carbonyl (C=O) groups is 1. The number of anilines is 1. The fourth-order valence-corrected chi connectivity index (χ4v) is 3.79. The smallest absolute Gasteiger partial charge is 0.326 e. The zero-order valence-electron chi connectivity index (χ0n) is 12.0. The van der Waals surface area contributed by atoms with Gasteiger partial charge in [-0.25, -0.2) is 13.4 Å². The Morgan fingerprint density at radius 3 is 2.73 bits per heavy atom. The highest BCUT2D eigenvalue weighted by atomic mass is 32.2. The number of aromatic hydroxyl groups is 1. The van der Waals surface area contributed by atoms with Crippen molar-refractivity contribution in [1.29, 1.82) is 0 Å². The molecule has 2 aliphatic rings. The summed E-state index contributed by atoms with van der Waals surface area (Å²) in [6, 6.07) is 1.19. The van der Waals surface area contributed by atoms with Crippen LogP contribution >= 0.6 is 0 Å². The number of halogens is 1. The lowest BCUT2D eigenvalue weighted by molar-refractivity contribution is -0.117. The highest BCUT2D eigenvalue weighted by Crippen LogP contribution is 2.44. The van der Waals surface area contributed by atoms with Gasteiger partial charge in [-0.15, -0.1) is 0 Å². The lowest BCUT2D eigenvalue weighted by Gasteiger charge is -2.33. The average Bonchev–Trinajstić information content (AvgIpc) is 2.60. The number of nitrogens with one attached hydrogen (secondary N) is 1. The van der Waals surface area contributed by atoms with Crippen molar-refractivity contribution in [2.75, 3.05) is 10.8 Å². The van der Waals surface area contributed by atoms with Crippen molar-refractivity contribution in [1.82, 2.24) is 4.72 Å². The molecule has 0 spiro atoms. The number of carbonyl (C=O) groups excluding carboxylic acids is 1. The van der Waals surface area contributed by atoms with Gasteiger partial charge in [0, 0.05) is 11.6 Å². The molecule has 0 radical (unpaired) electrons. The minimum atomic E-state index is -4.19. The number of rotatable bonds is 1. The van der Waals surface area contributed by atoms with Gasteiger partial charge in [-0.3, -0.25) is 4.79 Å². The Bertz CT molecular complexity index is 775. The second-order valence-electron chi connectivity index (χ2n) is 5.93. The van der Waals surface area contributed by atoms with E-state index in [-0.39, 0.29) is 11.3 Å². The Labute approximate surface area is 126 Å². The first kappa shape index (κ1) is 14.9. The molecule has 0 aliphatic carbocycles. The van der Waals surface area contributed by atoms with E-state index < -0.39 is 45.5 Å². The lowest BCUT2D eigenvalue weighted by atomic mass is 9.93. The van der Waals surface area contributed by atoms with E-state index in [0.717, 1.165) is 0 Å². The Morgan fingerprint density at radius 2 is 2.14 bits per heavy atom. The van der Waals surface area contributed by atoms with E-state index in [1.807, 2.05) is 13.8 Å². The quantitative estimate of drug-likeness (QED) is 0.795. The molecule has 2 heterocycles. The molecule has 0 unspecified atom stereocenters. The Hall–Kier alpha value is -2.03. The van der Waals surface area contributed by atoms with Gasteiger partial charge in [0.05, 0.1) is 0 Å². The SMILES string of the molecule is CC1(C)CCc2c(cc(O)c(N3CC(=O)NS3(=O)=O)c2F)O1. The van der Waals surface area contributed by atoms with Crippen LogP contribution in [-0.2, 0) is 21.4 Å². The highest BCUT2D eigenvalue weighted by Gasteiger charge is 2.40. The Kier molecular flexibility index (Phi) is 3.03. The molecular weight excluding hydrogens is 315 g/mol. The van der Waals surface area contributed by atoms with Gasteiger partial charge in [-0.2, -0.15) is 8.42 Å². The number of hydrogen-bond acceptors (Lipinski definition) is 5. The summed E-state index contributed by atoms with van der Waals surface area (Å²) >= 11 is 0. The molecule has 120 valence electrons. The molecule has 0 aromatic heterocycles. The molecule has 2 N–H and O–H groups in total. The van der Waals surface area contributed by atoms with E-state index >= 15 is 0 Å². The number of phenols is 1. The van der Waals surface area contributed by atoms with Crippen LogP contribution < -0.4 is 13.8 Å². The molecule has 22 heavy (non-hydrogen) atoms. The molecule has 3 rings (SSSR count). The molecule has 2 aliphatic heterocycles. The van der Waals surface area contributed by atoms with E-state index in [9.17, 15) is 22.7 Å². The van der Waals surface area contributed by atoms with Crippen molar-refractivity contribution in [3.8, 4) is 11.5 Å². The van der Waals surface area contributed by atoms with E-state index in [4.69, 9.17) is 4.74 Å². The minimum absolute atomic E-state index is 0.186. The maximum absolute atomic E-state index is 14.7. The highest BCUT2D eigenvalue weighted by molar-refractivity contribution is 7.92. The summed E-state index contributed by atoms with van der Waals surface area (Å²) in [6.07, 6.45) is 0.891. The molecular formula is C13H15FN2O5S. The van der Waals surface area contributed by atoms with Gasteiger partial charge in [-0.1, -0.05) is 0 Å². The topological polar surface area (TPSA) is 95.9 Å². The Balaban J connectivity index is 2.14. The summed E-state index contributed by atoms with van der Waals surface area (Å²) in [6.45, 7) is 3.11. The zero-order chi connectivity index (χ0) is 16.3. The van der Waals surface area contributed by atoms with Crippen molar-refractivity contribution in [2.45, 2.75) is 32.3 Å². The van der Waals surface area contributed by atoms with Crippen molar-refractivity contribution in [3.63, 3.8) is 0 Å². The van der Waals surface area contributed by atoms with Crippen LogP contribution in [0.3, 0.4) is 0 Å². The summed E-state index contributed by atoms with van der Waals surface area (Å²) in [5, 5.41) is 10.0. The third-order valence-corrected chi connectivity index (χ3v) is 5.09. The molecule has 0 atom stereocenters. The van der Waals surface area contributed by atoms with E-state index in [2.05, 4.69) is 0 Å². The largest absolute Gasteiger partial charge is 0.505 e. The number of amides is 1. The standard InChI is InChI=1S/C13H15FN2O5S/c1-13(2)4-3-7-9(21-13)5-8(17)12(11(7)14)16-6-10(18)15-22(16,19)20/h5,17H,3-4,6H2,1-2H3,(H,15,18). The summed E-state index contributed by atoms with van der Waals surface area (Å²) in [5.41, 5.74) is -0.827. The second kappa shape index (κ2) is 4.48. The molecule has 7 nitrogen and oxygen atoms in total. The van der Waals surface area contributed by atoms with Gasteiger partial charge in [0.2, 0.25) is 0 Å². The summed E-state index contributed by atoms with van der Waals surface area (Å²) in [5.74, 6) is -2.07. The molecule has 9 heteroatoms. The summed E-state index contributed by atoms with van der Waals surface area (Å²) in [7, 11) is -4.19. The maximum Gasteiger partial charge on any atom is 0.326 e. The van der Waals surface area contributed by atoms with Crippen molar-refractivity contribution in [2.24, 2.45) is 0 Å². The fraction of sp³-hybridized carbons (Fsp3) is 0.462. The number of hydrogen-bond donors (Lipinski definition) is 2. The van der Waals surface area contributed by atoms with Gasteiger partial charge in [0.15, 0.2) is 5.82 Å². The number of benzene rings is 1. The lowest BCUT2D eigenvalue weighted by Crippen LogP contribution is -2.34. The van der Waals surface area contributed by atoms with Crippen LogP contribution in [0.4, 0.5) is 10.1 Å². The van der Waals surface area contributed by atoms with Crippen LogP contribution in [-0.4, -0.2) is 31.6 Å². The van der Waals surface area contributed by atoms with Crippen LogP contribution in [0.1, 0.15) is 25.8 Å². The third-order valence-electron chi connectivity index (χ3n) is 3.71. The molecule has 1 saturated heterocycles. The average molecular weight is 330 g/mol. The monoisotopic (exact) mass is 330 g/mol. The van der Waals surface area contributed by atoms with Crippen molar-refractivity contribution < 1.29 is 27.4 Å². The first-order chi connectivity index (χ1) is 10.1. The van der Waals surface area contributed by atoms with Gasteiger partial charge in [0.25, 0.3) is 5.91 Å². The summed E-state index contributed by atoms with van der Waals surface area (Å²) < 4.78 is 46.3. The molecule has 1 fully saturated rings. The predicted octanol–water partition coefficient (Wildman–Crippen LogP) is 0.816. The molecule has 0 saturated carbocycles. The Morgan fingerprint density at radius 1 is 1.45 bits per heavy atom. The van der Waals surface area contributed by atoms with Crippen LogP contribution in [0.15, 0.2) is 6.07 Å². The number of phenolic OH excluding ortho intramolecular Hbond substituents is 1. The molecule has 1 aromatic carbocycles. The zero-order valence-corrected chi connectivity index (χ0v) is 12.8. The van der Waals surface area contributed by atoms with Crippen molar-refractivity contribution >= 4 is 21.8 Å². The summed E-state index contributed by atoms with van der Waals surface area (Å²) in [4.78, 5) is 11.3. The van der Waals surface area contributed by atoms with Crippen LogP contribution in [0.2, 0.25) is 0 Å². The number of ether oxygens (including phenoxy) is 1. The van der Waals surface area contributed by atoms with Crippen LogP contribution in [0.5, 0.6) is 11.5 Å². The molecule has 1 aromatic rings. The third kappa shape index (κ3) is 2.25. The van der Waals surface area contributed by atoms with Crippen molar-refractivity contribution in [3.05, 3.63) is 17.4 Å². The number of fused-ring (bicyclic) bond motifs is 1. The van der Waals surface area contributed by atoms with Crippen LogP contribution in [0, 0.1) is 5.82 Å². The van der Waals surface area contributed by atoms with E-state index in [1.54, 1.807) is 4.72 Å². The first-order valence-corrected chi connectivity index (χ1v) is 8.11. The molecule has 1 amide bonds. The van der Waals surface area contributed by atoms with Crippen LogP contribution in [0.25, 0.3) is 0 Å².